The van der Waals surface area contributed by atoms with Crippen LogP contribution in [0.1, 0.15) is 0 Å². The van der Waals surface area contributed by atoms with Crippen molar-refractivity contribution < 1.29 is 9.13 Å². The molecule has 0 aliphatic rings. The topological polar surface area (TPSA) is 34.1 Å². The third-order valence-corrected chi connectivity index (χ3v) is 2.10. The zero-order valence-electron chi connectivity index (χ0n) is 8.77. The molecule has 1 aromatic carbocycles. The Labute approximate surface area is 92.9 Å². The number of benzene rings is 1. The third kappa shape index (κ3) is 2.28. The Morgan fingerprint density at radius 2 is 1.94 bits per heavy atom. The first kappa shape index (κ1) is 10.4. The molecule has 0 bridgehead atoms. The van der Waals surface area contributed by atoms with Crippen LogP contribution in [0.3, 0.4) is 0 Å². The predicted molar refractivity (Wildman–Crippen MR) is 60.5 cm³/mol. The second kappa shape index (κ2) is 4.61. The molecule has 0 saturated heterocycles. The maximum Gasteiger partial charge on any atom is 0.173 e. The highest BCUT2D eigenvalue weighted by atomic mass is 19.1. The van der Waals surface area contributed by atoms with E-state index in [2.05, 4.69) is 10.3 Å². The van der Waals surface area contributed by atoms with Crippen LogP contribution in [0.15, 0.2) is 42.6 Å². The van der Waals surface area contributed by atoms with E-state index in [0.717, 1.165) is 5.69 Å². The van der Waals surface area contributed by atoms with Crippen LogP contribution in [0, 0.1) is 5.82 Å². The van der Waals surface area contributed by atoms with Gasteiger partial charge in [0, 0.05) is 11.9 Å². The van der Waals surface area contributed by atoms with E-state index >= 15 is 0 Å². The first-order valence-electron chi connectivity index (χ1n) is 4.81. The molecule has 0 unspecified atom stereocenters. The Hall–Kier alpha value is -2.10. The average molecular weight is 218 g/mol. The maximum atomic E-state index is 12.7. The van der Waals surface area contributed by atoms with Crippen molar-refractivity contribution in [3.8, 4) is 5.75 Å². The lowest BCUT2D eigenvalue weighted by atomic mass is 10.3. The van der Waals surface area contributed by atoms with Gasteiger partial charge in [-0.25, -0.2) is 9.37 Å². The van der Waals surface area contributed by atoms with Gasteiger partial charge < -0.3 is 10.1 Å². The molecule has 0 radical (unpaired) electrons. The molecule has 0 aliphatic carbocycles. The Bertz CT molecular complexity index is 471. The van der Waals surface area contributed by atoms with E-state index in [1.165, 1.54) is 12.1 Å². The summed E-state index contributed by atoms with van der Waals surface area (Å²) in [4.78, 5) is 4.14. The van der Waals surface area contributed by atoms with Crippen LogP contribution in [-0.4, -0.2) is 12.1 Å². The molecule has 0 aliphatic heterocycles. The fourth-order valence-corrected chi connectivity index (χ4v) is 1.32. The number of aromatic nitrogens is 1. The van der Waals surface area contributed by atoms with Crippen molar-refractivity contribution in [1.82, 2.24) is 4.98 Å². The van der Waals surface area contributed by atoms with Crippen LogP contribution in [0.4, 0.5) is 15.9 Å². The molecular formula is C12H11FN2O. The first-order chi connectivity index (χ1) is 7.79. The van der Waals surface area contributed by atoms with Gasteiger partial charge >= 0.3 is 0 Å². The molecule has 3 nitrogen and oxygen atoms in total. The molecular weight excluding hydrogens is 207 g/mol. The summed E-state index contributed by atoms with van der Waals surface area (Å²) in [6.45, 7) is 0. The van der Waals surface area contributed by atoms with Crippen molar-refractivity contribution >= 4 is 11.5 Å². The summed E-state index contributed by atoms with van der Waals surface area (Å²) < 4.78 is 17.8. The molecule has 1 heterocycles. The summed E-state index contributed by atoms with van der Waals surface area (Å²) in [5.41, 5.74) is 0.762. The highest BCUT2D eigenvalue weighted by Gasteiger charge is 2.03. The van der Waals surface area contributed by atoms with Gasteiger partial charge in [0.25, 0.3) is 0 Å². The number of hydrogen-bond acceptors (Lipinski definition) is 3. The fraction of sp³-hybridized carbons (Fsp3) is 0.0833. The van der Waals surface area contributed by atoms with Crippen LogP contribution in [-0.2, 0) is 0 Å². The molecule has 0 spiro atoms. The van der Waals surface area contributed by atoms with E-state index in [0.29, 0.717) is 11.6 Å². The van der Waals surface area contributed by atoms with Gasteiger partial charge in [-0.1, -0.05) is 0 Å². The molecule has 0 fully saturated rings. The number of rotatable bonds is 3. The van der Waals surface area contributed by atoms with Crippen LogP contribution >= 0.6 is 0 Å². The summed E-state index contributed by atoms with van der Waals surface area (Å²) >= 11 is 0. The van der Waals surface area contributed by atoms with Gasteiger partial charge in [-0.05, 0) is 36.4 Å². The molecule has 0 saturated carbocycles. The highest BCUT2D eigenvalue weighted by molar-refractivity contribution is 5.61. The molecule has 2 rings (SSSR count). The van der Waals surface area contributed by atoms with Gasteiger partial charge in [0.1, 0.15) is 5.82 Å². The zero-order chi connectivity index (χ0) is 11.4. The molecule has 16 heavy (non-hydrogen) atoms. The summed E-state index contributed by atoms with van der Waals surface area (Å²) in [6.07, 6.45) is 1.66. The lowest BCUT2D eigenvalue weighted by molar-refractivity contribution is 0.415. The minimum atomic E-state index is -0.265. The van der Waals surface area contributed by atoms with E-state index in [1.54, 1.807) is 37.6 Å². The van der Waals surface area contributed by atoms with Crippen LogP contribution < -0.4 is 10.1 Å². The molecule has 82 valence electrons. The quantitative estimate of drug-likeness (QED) is 0.859. The van der Waals surface area contributed by atoms with Gasteiger partial charge in [0.15, 0.2) is 11.6 Å². The second-order valence-electron chi connectivity index (χ2n) is 3.19. The monoisotopic (exact) mass is 218 g/mol. The van der Waals surface area contributed by atoms with E-state index in [1.807, 2.05) is 0 Å². The summed E-state index contributed by atoms with van der Waals surface area (Å²) in [5, 5.41) is 3.05. The van der Waals surface area contributed by atoms with Crippen molar-refractivity contribution in [1.29, 1.82) is 0 Å². The molecule has 0 atom stereocenters. The standard InChI is InChI=1S/C12H11FN2O/c1-16-11-3-2-8-14-12(11)15-10-6-4-9(13)5-7-10/h2-8H,1H3,(H,14,15). The number of anilines is 2. The van der Waals surface area contributed by atoms with Crippen LogP contribution in [0.2, 0.25) is 0 Å². The molecule has 1 aromatic heterocycles. The lowest BCUT2D eigenvalue weighted by Gasteiger charge is -2.09. The Kier molecular flexibility index (Phi) is 3.00. The van der Waals surface area contributed by atoms with Crippen molar-refractivity contribution in [2.45, 2.75) is 0 Å². The normalized spacial score (nSPS) is 9.88. The summed E-state index contributed by atoms with van der Waals surface area (Å²) in [7, 11) is 1.58. The highest BCUT2D eigenvalue weighted by Crippen LogP contribution is 2.24. The van der Waals surface area contributed by atoms with Crippen molar-refractivity contribution in [2.75, 3.05) is 12.4 Å². The van der Waals surface area contributed by atoms with Gasteiger partial charge in [-0.15, -0.1) is 0 Å². The van der Waals surface area contributed by atoms with E-state index in [-0.39, 0.29) is 5.82 Å². The fourth-order valence-electron chi connectivity index (χ4n) is 1.32. The smallest absolute Gasteiger partial charge is 0.173 e. The summed E-state index contributed by atoms with van der Waals surface area (Å²) in [5.74, 6) is 0.988. The number of nitrogens with zero attached hydrogens (tertiary/aromatic N) is 1. The number of pyridine rings is 1. The predicted octanol–water partition coefficient (Wildman–Crippen LogP) is 2.97. The van der Waals surface area contributed by atoms with Gasteiger partial charge in [0.2, 0.25) is 0 Å². The number of nitrogens with one attached hydrogen (secondary N) is 1. The molecule has 2 aromatic rings. The maximum absolute atomic E-state index is 12.7. The molecule has 1 N–H and O–H groups in total. The Balaban J connectivity index is 2.23. The van der Waals surface area contributed by atoms with E-state index in [4.69, 9.17) is 4.74 Å². The van der Waals surface area contributed by atoms with E-state index < -0.39 is 0 Å². The SMILES string of the molecule is COc1cccnc1Nc1ccc(F)cc1. The number of ether oxygens (including phenoxy) is 1. The first-order valence-corrected chi connectivity index (χ1v) is 4.81. The molecule has 0 amide bonds. The van der Waals surface area contributed by atoms with Crippen molar-refractivity contribution in [3.63, 3.8) is 0 Å². The van der Waals surface area contributed by atoms with Crippen LogP contribution in [0.5, 0.6) is 5.75 Å². The number of methoxy groups -OCH3 is 1. The second-order valence-corrected chi connectivity index (χ2v) is 3.19. The van der Waals surface area contributed by atoms with Gasteiger partial charge in [-0.2, -0.15) is 0 Å². The average Bonchev–Trinajstić information content (AvgIpc) is 2.33. The van der Waals surface area contributed by atoms with Crippen molar-refractivity contribution in [2.24, 2.45) is 0 Å². The zero-order valence-corrected chi connectivity index (χ0v) is 8.77. The summed E-state index contributed by atoms with van der Waals surface area (Å²) in [6, 6.07) is 9.65. The Morgan fingerprint density at radius 1 is 1.19 bits per heavy atom. The van der Waals surface area contributed by atoms with Crippen molar-refractivity contribution in [3.05, 3.63) is 48.4 Å². The number of hydrogen-bond donors (Lipinski definition) is 1. The molecule has 4 heteroatoms. The lowest BCUT2D eigenvalue weighted by Crippen LogP contribution is -1.96. The van der Waals surface area contributed by atoms with Gasteiger partial charge in [0.05, 0.1) is 7.11 Å². The Morgan fingerprint density at radius 3 is 2.62 bits per heavy atom. The van der Waals surface area contributed by atoms with Crippen LogP contribution in [0.25, 0.3) is 0 Å². The van der Waals surface area contributed by atoms with Gasteiger partial charge in [-0.3, -0.25) is 0 Å². The largest absolute Gasteiger partial charge is 0.493 e. The van der Waals surface area contributed by atoms with E-state index in [9.17, 15) is 4.39 Å². The number of halogens is 1. The third-order valence-electron chi connectivity index (χ3n) is 2.10. The minimum absolute atomic E-state index is 0.265. The minimum Gasteiger partial charge on any atom is -0.493 e.